The lowest BCUT2D eigenvalue weighted by Gasteiger charge is -2.22. The first-order valence-corrected chi connectivity index (χ1v) is 9.05. The number of pyridine rings is 1. The molecule has 4 heterocycles. The monoisotopic (exact) mass is 460 g/mol. The molecule has 0 fully saturated rings. The molecule has 1 amide bonds. The molecule has 0 unspecified atom stereocenters. The van der Waals surface area contributed by atoms with Crippen molar-refractivity contribution in [2.45, 2.75) is 25.0 Å². The van der Waals surface area contributed by atoms with E-state index in [1.54, 1.807) is 0 Å². The van der Waals surface area contributed by atoms with E-state index in [2.05, 4.69) is 20.5 Å². The van der Waals surface area contributed by atoms with E-state index >= 15 is 0 Å². The number of aryl methyl sites for hydroxylation is 1. The largest absolute Gasteiger partial charge is 0.435 e. The van der Waals surface area contributed by atoms with Gasteiger partial charge in [-0.3, -0.25) is 14.5 Å². The van der Waals surface area contributed by atoms with Gasteiger partial charge in [-0.2, -0.15) is 36.5 Å². The molecule has 0 saturated carbocycles. The van der Waals surface area contributed by atoms with Crippen molar-refractivity contribution < 1.29 is 35.9 Å². The minimum absolute atomic E-state index is 0.00143. The highest BCUT2D eigenvalue weighted by atomic mass is 19.4. The Morgan fingerprint density at radius 1 is 1.12 bits per heavy atom. The standard InChI is InChI=1S/C18H14F6N6O2/c1-29-13(5-15(28-29)18(22,23)24)16(31)26-11-7-32-8-12-10(11)6-30(27-12)9-2-3-25-14(4-9)17(19,20)21/h2-6,11H,7-8H2,1H3,(H,26,31)/t11-/m1/s1. The Hall–Kier alpha value is -3.42. The Balaban J connectivity index is 1.60. The van der Waals surface area contributed by atoms with Crippen LogP contribution in [0.15, 0.2) is 30.6 Å². The molecule has 1 aliphatic heterocycles. The van der Waals surface area contributed by atoms with Crippen LogP contribution in [0.2, 0.25) is 0 Å². The minimum Gasteiger partial charge on any atom is -0.373 e. The van der Waals surface area contributed by atoms with E-state index in [4.69, 9.17) is 4.74 Å². The fourth-order valence-electron chi connectivity index (χ4n) is 3.21. The molecule has 170 valence electrons. The Bertz CT molecular complexity index is 1170. The summed E-state index contributed by atoms with van der Waals surface area (Å²) in [6.07, 6.45) is -6.92. The van der Waals surface area contributed by atoms with Crippen LogP contribution in [0.25, 0.3) is 5.69 Å². The van der Waals surface area contributed by atoms with Gasteiger partial charge in [0.1, 0.15) is 11.4 Å². The summed E-state index contributed by atoms with van der Waals surface area (Å²) in [6, 6.07) is 1.99. The highest BCUT2D eigenvalue weighted by molar-refractivity contribution is 5.93. The van der Waals surface area contributed by atoms with E-state index in [-0.39, 0.29) is 24.6 Å². The number of amides is 1. The second kappa shape index (κ2) is 7.62. The molecule has 0 radical (unpaired) electrons. The number of carbonyl (C=O) groups is 1. The lowest BCUT2D eigenvalue weighted by molar-refractivity contribution is -0.142. The van der Waals surface area contributed by atoms with Crippen molar-refractivity contribution in [3.8, 4) is 5.69 Å². The molecule has 3 aromatic rings. The number of ether oxygens (including phenoxy) is 1. The highest BCUT2D eigenvalue weighted by Crippen LogP contribution is 2.31. The fraction of sp³-hybridized carbons (Fsp3) is 0.333. The van der Waals surface area contributed by atoms with Crippen LogP contribution in [0.5, 0.6) is 0 Å². The number of nitrogens with one attached hydrogen (secondary N) is 1. The van der Waals surface area contributed by atoms with Gasteiger partial charge in [-0.25, -0.2) is 4.68 Å². The van der Waals surface area contributed by atoms with Crippen molar-refractivity contribution in [1.82, 2.24) is 29.9 Å². The molecular weight excluding hydrogens is 446 g/mol. The summed E-state index contributed by atoms with van der Waals surface area (Å²) in [5, 5.41) is 10.1. The molecule has 4 rings (SSSR count). The summed E-state index contributed by atoms with van der Waals surface area (Å²) in [5.41, 5.74) is -1.70. The van der Waals surface area contributed by atoms with Crippen molar-refractivity contribution >= 4 is 5.91 Å². The summed E-state index contributed by atoms with van der Waals surface area (Å²) in [6.45, 7) is 0.0500. The van der Waals surface area contributed by atoms with Crippen LogP contribution in [-0.4, -0.2) is 37.1 Å². The second-order valence-corrected chi connectivity index (χ2v) is 6.95. The molecule has 1 aliphatic rings. The fourth-order valence-corrected chi connectivity index (χ4v) is 3.21. The van der Waals surface area contributed by atoms with Crippen molar-refractivity contribution in [1.29, 1.82) is 0 Å². The molecule has 0 aromatic carbocycles. The number of hydrogen-bond acceptors (Lipinski definition) is 5. The summed E-state index contributed by atoms with van der Waals surface area (Å²) in [4.78, 5) is 15.9. The number of fused-ring (bicyclic) bond motifs is 1. The first-order chi connectivity index (χ1) is 14.9. The zero-order chi connectivity index (χ0) is 23.3. The van der Waals surface area contributed by atoms with Gasteiger partial charge in [0.25, 0.3) is 5.91 Å². The SMILES string of the molecule is Cn1nc(C(F)(F)F)cc1C(=O)N[C@@H]1COCc2nn(-c3ccnc(C(F)(F)F)c3)cc21. The van der Waals surface area contributed by atoms with Gasteiger partial charge in [-0.15, -0.1) is 0 Å². The molecule has 0 aliphatic carbocycles. The van der Waals surface area contributed by atoms with Gasteiger partial charge in [0, 0.05) is 31.1 Å². The predicted octanol–water partition coefficient (Wildman–Crippen LogP) is 3.04. The normalized spacial score (nSPS) is 16.7. The van der Waals surface area contributed by atoms with Gasteiger partial charge in [0.15, 0.2) is 5.69 Å². The lowest BCUT2D eigenvalue weighted by Crippen LogP contribution is -2.34. The first-order valence-electron chi connectivity index (χ1n) is 9.05. The summed E-state index contributed by atoms with van der Waals surface area (Å²) < 4.78 is 84.8. The minimum atomic E-state index is -4.71. The predicted molar refractivity (Wildman–Crippen MR) is 94.4 cm³/mol. The number of carbonyl (C=O) groups excluding carboxylic acids is 1. The van der Waals surface area contributed by atoms with Gasteiger partial charge in [-0.05, 0) is 12.1 Å². The number of aromatic nitrogens is 5. The topological polar surface area (TPSA) is 86.9 Å². The van der Waals surface area contributed by atoms with E-state index in [9.17, 15) is 31.1 Å². The van der Waals surface area contributed by atoms with Crippen LogP contribution in [0.1, 0.15) is 39.2 Å². The van der Waals surface area contributed by atoms with Gasteiger partial charge >= 0.3 is 12.4 Å². The van der Waals surface area contributed by atoms with Crippen LogP contribution in [-0.2, 0) is 30.7 Å². The molecular formula is C18H14F6N6O2. The number of alkyl halides is 6. The van der Waals surface area contributed by atoms with E-state index in [0.29, 0.717) is 17.3 Å². The third kappa shape index (κ3) is 4.17. The van der Waals surface area contributed by atoms with Crippen LogP contribution in [0.4, 0.5) is 26.3 Å². The summed E-state index contributed by atoms with van der Waals surface area (Å²) in [5.74, 6) is -0.826. The number of halogens is 6. The number of nitrogens with zero attached hydrogens (tertiary/aromatic N) is 5. The number of rotatable bonds is 3. The van der Waals surface area contributed by atoms with Crippen molar-refractivity contribution in [2.75, 3.05) is 6.61 Å². The van der Waals surface area contributed by atoms with Crippen LogP contribution >= 0.6 is 0 Å². The molecule has 0 spiro atoms. The zero-order valence-corrected chi connectivity index (χ0v) is 16.2. The van der Waals surface area contributed by atoms with Gasteiger partial charge in [0.2, 0.25) is 0 Å². The van der Waals surface area contributed by atoms with Crippen molar-refractivity contribution in [2.24, 2.45) is 7.05 Å². The quantitative estimate of drug-likeness (QED) is 0.608. The van der Waals surface area contributed by atoms with Gasteiger partial charge in [-0.1, -0.05) is 0 Å². The molecule has 3 aromatic heterocycles. The van der Waals surface area contributed by atoms with Crippen LogP contribution in [0.3, 0.4) is 0 Å². The number of hydrogen-bond donors (Lipinski definition) is 1. The molecule has 0 bridgehead atoms. The maximum absolute atomic E-state index is 12.9. The molecule has 32 heavy (non-hydrogen) atoms. The van der Waals surface area contributed by atoms with Crippen molar-refractivity contribution in [3.63, 3.8) is 0 Å². The zero-order valence-electron chi connectivity index (χ0n) is 16.2. The second-order valence-electron chi connectivity index (χ2n) is 6.95. The molecule has 0 saturated heterocycles. The van der Waals surface area contributed by atoms with Crippen LogP contribution < -0.4 is 5.32 Å². The van der Waals surface area contributed by atoms with Gasteiger partial charge in [0.05, 0.1) is 30.6 Å². The molecule has 1 N–H and O–H groups in total. The van der Waals surface area contributed by atoms with E-state index in [0.717, 1.165) is 16.9 Å². The Morgan fingerprint density at radius 3 is 2.50 bits per heavy atom. The van der Waals surface area contributed by atoms with E-state index < -0.39 is 35.7 Å². The van der Waals surface area contributed by atoms with E-state index in [1.165, 1.54) is 24.0 Å². The Kier molecular flexibility index (Phi) is 5.19. The summed E-state index contributed by atoms with van der Waals surface area (Å²) >= 11 is 0. The van der Waals surface area contributed by atoms with Crippen molar-refractivity contribution in [3.05, 3.63) is 58.9 Å². The van der Waals surface area contributed by atoms with Crippen LogP contribution in [0, 0.1) is 0 Å². The summed E-state index contributed by atoms with van der Waals surface area (Å²) in [7, 11) is 1.20. The first kappa shape index (κ1) is 21.8. The lowest BCUT2D eigenvalue weighted by atomic mass is 10.1. The smallest absolute Gasteiger partial charge is 0.373 e. The third-order valence-corrected chi connectivity index (χ3v) is 4.73. The maximum atomic E-state index is 12.9. The average Bonchev–Trinajstić information content (AvgIpc) is 3.32. The van der Waals surface area contributed by atoms with Gasteiger partial charge < -0.3 is 10.1 Å². The molecule has 8 nitrogen and oxygen atoms in total. The molecule has 1 atom stereocenters. The molecule has 14 heteroatoms. The third-order valence-electron chi connectivity index (χ3n) is 4.73. The Morgan fingerprint density at radius 2 is 1.84 bits per heavy atom. The van der Waals surface area contributed by atoms with E-state index in [1.807, 2.05) is 0 Å². The highest BCUT2D eigenvalue weighted by Gasteiger charge is 2.36. The maximum Gasteiger partial charge on any atom is 0.435 e. The Labute approximate surface area is 175 Å². The average molecular weight is 460 g/mol.